The molecular weight excluding hydrogens is 284 g/mol. The van der Waals surface area contributed by atoms with Crippen molar-refractivity contribution < 1.29 is 9.84 Å². The number of aromatic amines is 1. The Hall–Kier alpha value is -2.62. The molecule has 6 heteroatoms. The fourth-order valence-corrected chi connectivity index (χ4v) is 1.83. The van der Waals surface area contributed by atoms with Gasteiger partial charge in [-0.1, -0.05) is 24.1 Å². The van der Waals surface area contributed by atoms with E-state index < -0.39 is 11.2 Å². The number of aliphatic hydroxyl groups excluding tert-OH is 1. The topological polar surface area (TPSA) is 84.3 Å². The first-order valence-corrected chi connectivity index (χ1v) is 6.73. The van der Waals surface area contributed by atoms with E-state index in [0.29, 0.717) is 11.3 Å². The van der Waals surface area contributed by atoms with Crippen molar-refractivity contribution in [3.63, 3.8) is 0 Å². The minimum atomic E-state index is -0.592. The second-order valence-electron chi connectivity index (χ2n) is 4.54. The molecule has 2 aromatic rings. The fourth-order valence-electron chi connectivity index (χ4n) is 1.83. The Morgan fingerprint density at radius 3 is 2.64 bits per heavy atom. The number of rotatable bonds is 4. The first kappa shape index (κ1) is 15.8. The molecule has 0 aliphatic rings. The number of nitrogens with one attached hydrogen (secondary N) is 1. The van der Waals surface area contributed by atoms with Crippen molar-refractivity contribution in [3.8, 4) is 11.8 Å². The molecule has 0 aliphatic heterocycles. The number of aliphatic hydroxyl groups is 1. The molecular formula is C16H16N2O4. The average Bonchev–Trinajstić information content (AvgIpc) is 2.52. The molecule has 1 aromatic carbocycles. The van der Waals surface area contributed by atoms with E-state index in [-0.39, 0.29) is 19.9 Å². The number of benzene rings is 1. The first-order chi connectivity index (χ1) is 10.6. The van der Waals surface area contributed by atoms with Crippen LogP contribution in [0.1, 0.15) is 16.8 Å². The molecule has 0 amide bonds. The highest BCUT2D eigenvalue weighted by Crippen LogP contribution is 2.01. The number of hydrogen-bond acceptors (Lipinski definition) is 4. The second-order valence-corrected chi connectivity index (χ2v) is 4.54. The monoisotopic (exact) mass is 300 g/mol. The number of nitrogens with zero attached hydrogens (tertiary/aromatic N) is 1. The van der Waals surface area contributed by atoms with Gasteiger partial charge in [0, 0.05) is 11.1 Å². The summed E-state index contributed by atoms with van der Waals surface area (Å²) in [7, 11) is 0. The molecule has 22 heavy (non-hydrogen) atoms. The Kier molecular flexibility index (Phi) is 5.31. The molecule has 2 rings (SSSR count). The van der Waals surface area contributed by atoms with Crippen molar-refractivity contribution in [2.45, 2.75) is 13.7 Å². The van der Waals surface area contributed by atoms with E-state index in [0.717, 1.165) is 5.56 Å². The van der Waals surface area contributed by atoms with Crippen LogP contribution in [0.3, 0.4) is 0 Å². The van der Waals surface area contributed by atoms with Gasteiger partial charge in [0.1, 0.15) is 12.4 Å². The molecule has 0 aliphatic carbocycles. The lowest BCUT2D eigenvalue weighted by Crippen LogP contribution is -2.34. The van der Waals surface area contributed by atoms with Crippen LogP contribution in [0.2, 0.25) is 0 Å². The summed E-state index contributed by atoms with van der Waals surface area (Å²) in [6, 6.07) is 9.25. The maximum Gasteiger partial charge on any atom is 0.331 e. The average molecular weight is 300 g/mol. The molecule has 114 valence electrons. The van der Waals surface area contributed by atoms with Crippen LogP contribution in [0.15, 0.2) is 39.9 Å². The lowest BCUT2D eigenvalue weighted by Gasteiger charge is -2.10. The van der Waals surface area contributed by atoms with Gasteiger partial charge in [-0.25, -0.2) is 4.79 Å². The Bertz CT molecular complexity index is 810. The number of aromatic nitrogens is 2. The van der Waals surface area contributed by atoms with Crippen molar-refractivity contribution in [1.29, 1.82) is 0 Å². The molecule has 0 unspecified atom stereocenters. The third kappa shape index (κ3) is 3.73. The Balaban J connectivity index is 2.46. The normalized spacial score (nSPS) is 10.1. The van der Waals surface area contributed by atoms with Crippen molar-refractivity contribution in [1.82, 2.24) is 9.55 Å². The maximum atomic E-state index is 11.9. The smallest absolute Gasteiger partial charge is 0.331 e. The van der Waals surface area contributed by atoms with E-state index >= 15 is 0 Å². The van der Waals surface area contributed by atoms with E-state index in [1.54, 1.807) is 6.92 Å². The molecule has 0 fully saturated rings. The number of H-pyrrole nitrogens is 1. The van der Waals surface area contributed by atoms with Crippen molar-refractivity contribution in [2.24, 2.45) is 0 Å². The van der Waals surface area contributed by atoms with E-state index in [2.05, 4.69) is 16.8 Å². The summed E-state index contributed by atoms with van der Waals surface area (Å²) in [4.78, 5) is 25.9. The second kappa shape index (κ2) is 7.41. The van der Waals surface area contributed by atoms with Gasteiger partial charge in [0.05, 0.1) is 13.2 Å². The highest BCUT2D eigenvalue weighted by molar-refractivity contribution is 5.42. The van der Waals surface area contributed by atoms with Crippen LogP contribution in [-0.4, -0.2) is 27.9 Å². The van der Waals surface area contributed by atoms with Crippen LogP contribution in [0.5, 0.6) is 0 Å². The molecule has 6 nitrogen and oxygen atoms in total. The molecule has 0 saturated carbocycles. The van der Waals surface area contributed by atoms with E-state index in [1.807, 2.05) is 30.3 Å². The van der Waals surface area contributed by atoms with Crippen molar-refractivity contribution >= 4 is 0 Å². The summed E-state index contributed by atoms with van der Waals surface area (Å²) in [6.07, 6.45) is 0. The summed E-state index contributed by atoms with van der Waals surface area (Å²) < 4.78 is 6.40. The zero-order chi connectivity index (χ0) is 15.9. The van der Waals surface area contributed by atoms with Gasteiger partial charge >= 0.3 is 5.69 Å². The van der Waals surface area contributed by atoms with Gasteiger partial charge in [0.15, 0.2) is 0 Å². The SMILES string of the molecule is Cc1c(C#Cc2ccccc2)n(COCCO)c(=O)[nH]c1=O. The minimum Gasteiger partial charge on any atom is -0.394 e. The van der Waals surface area contributed by atoms with Gasteiger partial charge < -0.3 is 9.84 Å². The Morgan fingerprint density at radius 1 is 1.23 bits per heavy atom. The van der Waals surface area contributed by atoms with Crippen LogP contribution >= 0.6 is 0 Å². The molecule has 0 bridgehead atoms. The predicted octanol–water partition coefficient (Wildman–Crippen LogP) is 0.211. The zero-order valence-corrected chi connectivity index (χ0v) is 12.1. The summed E-state index contributed by atoms with van der Waals surface area (Å²) >= 11 is 0. The zero-order valence-electron chi connectivity index (χ0n) is 12.1. The van der Waals surface area contributed by atoms with Crippen LogP contribution < -0.4 is 11.2 Å². The molecule has 1 aromatic heterocycles. The number of ether oxygens (including phenoxy) is 1. The highest BCUT2D eigenvalue weighted by Gasteiger charge is 2.09. The Morgan fingerprint density at radius 2 is 1.95 bits per heavy atom. The van der Waals surface area contributed by atoms with Gasteiger partial charge in [-0.2, -0.15) is 0 Å². The van der Waals surface area contributed by atoms with E-state index in [4.69, 9.17) is 9.84 Å². The van der Waals surface area contributed by atoms with Gasteiger partial charge in [0.2, 0.25) is 0 Å². The summed E-state index contributed by atoms with van der Waals surface area (Å²) in [6.45, 7) is 1.45. The van der Waals surface area contributed by atoms with Gasteiger partial charge in [0.25, 0.3) is 5.56 Å². The fraction of sp³-hybridized carbons (Fsp3) is 0.250. The van der Waals surface area contributed by atoms with E-state index in [9.17, 15) is 9.59 Å². The Labute approximate surface area is 127 Å². The molecule has 0 spiro atoms. The van der Waals surface area contributed by atoms with Crippen LogP contribution in [-0.2, 0) is 11.5 Å². The van der Waals surface area contributed by atoms with Crippen molar-refractivity contribution in [3.05, 3.63) is 68.0 Å². The molecule has 0 atom stereocenters. The highest BCUT2D eigenvalue weighted by atomic mass is 16.5. The molecule has 0 saturated heterocycles. The van der Waals surface area contributed by atoms with E-state index in [1.165, 1.54) is 4.57 Å². The lowest BCUT2D eigenvalue weighted by atomic mass is 10.2. The van der Waals surface area contributed by atoms with Gasteiger partial charge in [-0.05, 0) is 25.0 Å². The van der Waals surface area contributed by atoms with Crippen LogP contribution in [0.25, 0.3) is 0 Å². The molecule has 1 heterocycles. The number of hydrogen-bond donors (Lipinski definition) is 2. The predicted molar refractivity (Wildman–Crippen MR) is 81.5 cm³/mol. The van der Waals surface area contributed by atoms with Crippen LogP contribution in [0.4, 0.5) is 0 Å². The third-order valence-electron chi connectivity index (χ3n) is 2.99. The quantitative estimate of drug-likeness (QED) is 0.624. The maximum absolute atomic E-state index is 11.9. The van der Waals surface area contributed by atoms with Crippen molar-refractivity contribution in [2.75, 3.05) is 13.2 Å². The summed E-state index contributed by atoms with van der Waals surface area (Å²) in [5.41, 5.74) is 0.357. The largest absolute Gasteiger partial charge is 0.394 e. The standard InChI is InChI=1S/C16H16N2O4/c1-12-14(8-7-13-5-3-2-4-6-13)18(11-22-10-9-19)16(21)17-15(12)20/h2-6,19H,9-11H2,1H3,(H,17,20,21). The summed E-state index contributed by atoms with van der Waals surface area (Å²) in [5, 5.41) is 8.74. The molecule has 0 radical (unpaired) electrons. The van der Waals surface area contributed by atoms with Gasteiger partial charge in [-0.15, -0.1) is 0 Å². The van der Waals surface area contributed by atoms with Crippen LogP contribution in [0, 0.1) is 18.8 Å². The molecule has 2 N–H and O–H groups in total. The van der Waals surface area contributed by atoms with Gasteiger partial charge in [-0.3, -0.25) is 14.3 Å². The minimum absolute atomic E-state index is 0.0875. The third-order valence-corrected chi connectivity index (χ3v) is 2.99. The summed E-state index contributed by atoms with van der Waals surface area (Å²) in [5.74, 6) is 5.78. The first-order valence-electron chi connectivity index (χ1n) is 6.73. The lowest BCUT2D eigenvalue weighted by molar-refractivity contribution is 0.0451.